The molecular formula is C15H24N2O2. The Labute approximate surface area is 115 Å². The largest absolute Gasteiger partial charge is 0.492 e. The lowest BCUT2D eigenvalue weighted by atomic mass is 10.0. The Balaban J connectivity index is 2.36. The average molecular weight is 264 g/mol. The van der Waals surface area contributed by atoms with Crippen molar-refractivity contribution in [2.24, 2.45) is 11.7 Å². The van der Waals surface area contributed by atoms with Gasteiger partial charge in [-0.2, -0.15) is 0 Å². The van der Waals surface area contributed by atoms with Gasteiger partial charge in [-0.25, -0.2) is 0 Å². The lowest BCUT2D eigenvalue weighted by Crippen LogP contribution is -2.46. The SMILES string of the molecule is Cc1ccc(OCCN(C)C(=O)[C@@H](N)C(C)C)cc1. The Hall–Kier alpha value is -1.55. The Morgan fingerprint density at radius 1 is 1.32 bits per heavy atom. The van der Waals surface area contributed by atoms with Crippen molar-refractivity contribution in [3.63, 3.8) is 0 Å². The highest BCUT2D eigenvalue weighted by Gasteiger charge is 2.20. The van der Waals surface area contributed by atoms with Gasteiger partial charge in [0.05, 0.1) is 12.6 Å². The fraction of sp³-hybridized carbons (Fsp3) is 0.533. The second-order valence-electron chi connectivity index (χ2n) is 5.19. The van der Waals surface area contributed by atoms with Gasteiger partial charge in [0, 0.05) is 7.05 Å². The van der Waals surface area contributed by atoms with Crippen LogP contribution < -0.4 is 10.5 Å². The molecule has 0 saturated carbocycles. The maximum Gasteiger partial charge on any atom is 0.239 e. The molecule has 1 aromatic carbocycles. The van der Waals surface area contributed by atoms with E-state index in [9.17, 15) is 4.79 Å². The number of hydrogen-bond acceptors (Lipinski definition) is 3. The molecular weight excluding hydrogens is 240 g/mol. The zero-order valence-corrected chi connectivity index (χ0v) is 12.2. The molecule has 0 aromatic heterocycles. The summed E-state index contributed by atoms with van der Waals surface area (Å²) >= 11 is 0. The summed E-state index contributed by atoms with van der Waals surface area (Å²) < 4.78 is 5.59. The number of hydrogen-bond donors (Lipinski definition) is 1. The Kier molecular flexibility index (Phi) is 5.83. The van der Waals surface area contributed by atoms with Crippen LogP contribution in [0.4, 0.5) is 0 Å². The topological polar surface area (TPSA) is 55.6 Å². The summed E-state index contributed by atoms with van der Waals surface area (Å²) in [4.78, 5) is 13.5. The van der Waals surface area contributed by atoms with Crippen molar-refractivity contribution in [1.82, 2.24) is 4.90 Å². The second kappa shape index (κ2) is 7.14. The van der Waals surface area contributed by atoms with E-state index < -0.39 is 6.04 Å². The van der Waals surface area contributed by atoms with E-state index in [0.29, 0.717) is 13.2 Å². The molecule has 1 amide bonds. The highest BCUT2D eigenvalue weighted by molar-refractivity contribution is 5.81. The summed E-state index contributed by atoms with van der Waals surface area (Å²) in [6.07, 6.45) is 0. The second-order valence-corrected chi connectivity index (χ2v) is 5.19. The fourth-order valence-electron chi connectivity index (χ4n) is 1.58. The number of amides is 1. The minimum Gasteiger partial charge on any atom is -0.492 e. The van der Waals surface area contributed by atoms with E-state index in [1.807, 2.05) is 45.0 Å². The van der Waals surface area contributed by atoms with E-state index in [4.69, 9.17) is 10.5 Å². The molecule has 1 rings (SSSR count). The van der Waals surface area contributed by atoms with Crippen LogP contribution in [0.2, 0.25) is 0 Å². The number of ether oxygens (including phenoxy) is 1. The first-order chi connectivity index (χ1) is 8.91. The Morgan fingerprint density at radius 3 is 2.42 bits per heavy atom. The third kappa shape index (κ3) is 4.91. The van der Waals surface area contributed by atoms with E-state index in [2.05, 4.69) is 0 Å². The number of aryl methyl sites for hydroxylation is 1. The zero-order chi connectivity index (χ0) is 14.4. The van der Waals surface area contributed by atoms with Crippen LogP contribution in [0, 0.1) is 12.8 Å². The van der Waals surface area contributed by atoms with Crippen molar-refractivity contribution in [2.75, 3.05) is 20.2 Å². The predicted molar refractivity (Wildman–Crippen MR) is 77.1 cm³/mol. The van der Waals surface area contributed by atoms with Gasteiger partial charge in [0.25, 0.3) is 0 Å². The zero-order valence-electron chi connectivity index (χ0n) is 12.2. The monoisotopic (exact) mass is 264 g/mol. The normalized spacial score (nSPS) is 12.3. The van der Waals surface area contributed by atoms with Gasteiger partial charge in [-0.05, 0) is 25.0 Å². The number of benzene rings is 1. The van der Waals surface area contributed by atoms with E-state index in [1.54, 1.807) is 11.9 Å². The molecule has 1 aromatic rings. The van der Waals surface area contributed by atoms with Gasteiger partial charge in [0.1, 0.15) is 12.4 Å². The third-order valence-corrected chi connectivity index (χ3v) is 3.10. The Morgan fingerprint density at radius 2 is 1.89 bits per heavy atom. The maximum atomic E-state index is 11.9. The van der Waals surface area contributed by atoms with Crippen LogP contribution in [-0.2, 0) is 4.79 Å². The van der Waals surface area contributed by atoms with Gasteiger partial charge in [0.2, 0.25) is 5.91 Å². The molecule has 0 aliphatic rings. The highest BCUT2D eigenvalue weighted by atomic mass is 16.5. The van der Waals surface area contributed by atoms with Crippen molar-refractivity contribution >= 4 is 5.91 Å². The molecule has 106 valence electrons. The molecule has 4 heteroatoms. The minimum absolute atomic E-state index is 0.0393. The molecule has 0 spiro atoms. The number of carbonyl (C=O) groups excluding carboxylic acids is 1. The van der Waals surface area contributed by atoms with Crippen LogP contribution in [0.1, 0.15) is 19.4 Å². The van der Waals surface area contributed by atoms with Crippen molar-refractivity contribution in [3.8, 4) is 5.75 Å². The van der Waals surface area contributed by atoms with Gasteiger partial charge in [-0.1, -0.05) is 31.5 Å². The molecule has 0 fully saturated rings. The standard InChI is InChI=1S/C15H24N2O2/c1-11(2)14(16)15(18)17(4)9-10-19-13-7-5-12(3)6-8-13/h5-8,11,14H,9-10,16H2,1-4H3/t14-/m0/s1. The van der Waals surface area contributed by atoms with E-state index in [-0.39, 0.29) is 11.8 Å². The van der Waals surface area contributed by atoms with Crippen molar-refractivity contribution < 1.29 is 9.53 Å². The first-order valence-corrected chi connectivity index (χ1v) is 6.62. The van der Waals surface area contributed by atoms with Crippen LogP contribution in [0.5, 0.6) is 5.75 Å². The van der Waals surface area contributed by atoms with Gasteiger partial charge >= 0.3 is 0 Å². The molecule has 0 heterocycles. The quantitative estimate of drug-likeness (QED) is 0.852. The summed E-state index contributed by atoms with van der Waals surface area (Å²) in [5.74, 6) is 0.926. The third-order valence-electron chi connectivity index (χ3n) is 3.10. The number of rotatable bonds is 6. The van der Waals surface area contributed by atoms with Gasteiger partial charge in [-0.15, -0.1) is 0 Å². The Bertz CT molecular complexity index is 401. The predicted octanol–water partition coefficient (Wildman–Crippen LogP) is 1.82. The summed E-state index contributed by atoms with van der Waals surface area (Å²) in [6.45, 7) is 6.92. The van der Waals surface area contributed by atoms with Crippen LogP contribution in [0.25, 0.3) is 0 Å². The summed E-state index contributed by atoms with van der Waals surface area (Å²) in [5.41, 5.74) is 7.03. The number of carbonyl (C=O) groups is 1. The average Bonchev–Trinajstić information content (AvgIpc) is 2.39. The molecule has 0 aliphatic carbocycles. The lowest BCUT2D eigenvalue weighted by molar-refractivity contribution is -0.132. The molecule has 0 aliphatic heterocycles. The van der Waals surface area contributed by atoms with E-state index in [1.165, 1.54) is 5.56 Å². The molecule has 0 unspecified atom stereocenters. The first kappa shape index (κ1) is 15.5. The fourth-order valence-corrected chi connectivity index (χ4v) is 1.58. The summed E-state index contributed by atoms with van der Waals surface area (Å²) in [6, 6.07) is 7.41. The smallest absolute Gasteiger partial charge is 0.239 e. The van der Waals surface area contributed by atoms with Crippen molar-refractivity contribution in [1.29, 1.82) is 0 Å². The molecule has 1 atom stereocenters. The first-order valence-electron chi connectivity index (χ1n) is 6.62. The molecule has 2 N–H and O–H groups in total. The van der Waals surface area contributed by atoms with Crippen LogP contribution in [-0.4, -0.2) is 37.0 Å². The molecule has 19 heavy (non-hydrogen) atoms. The van der Waals surface area contributed by atoms with Gasteiger partial charge in [-0.3, -0.25) is 4.79 Å². The molecule has 0 bridgehead atoms. The lowest BCUT2D eigenvalue weighted by Gasteiger charge is -2.23. The number of likely N-dealkylation sites (N-methyl/N-ethyl adjacent to an activating group) is 1. The maximum absolute atomic E-state index is 11.9. The highest BCUT2D eigenvalue weighted by Crippen LogP contribution is 2.11. The minimum atomic E-state index is -0.440. The van der Waals surface area contributed by atoms with E-state index in [0.717, 1.165) is 5.75 Å². The summed E-state index contributed by atoms with van der Waals surface area (Å²) in [5, 5.41) is 0. The van der Waals surface area contributed by atoms with Gasteiger partial charge in [0.15, 0.2) is 0 Å². The van der Waals surface area contributed by atoms with Crippen LogP contribution in [0.3, 0.4) is 0 Å². The van der Waals surface area contributed by atoms with Gasteiger partial charge < -0.3 is 15.4 Å². The molecule has 0 saturated heterocycles. The molecule has 0 radical (unpaired) electrons. The van der Waals surface area contributed by atoms with Crippen LogP contribution in [0.15, 0.2) is 24.3 Å². The summed E-state index contributed by atoms with van der Waals surface area (Å²) in [7, 11) is 1.75. The number of nitrogens with two attached hydrogens (primary N) is 1. The van der Waals surface area contributed by atoms with E-state index >= 15 is 0 Å². The van der Waals surface area contributed by atoms with Crippen molar-refractivity contribution in [2.45, 2.75) is 26.8 Å². The van der Waals surface area contributed by atoms with Crippen molar-refractivity contribution in [3.05, 3.63) is 29.8 Å². The molecule has 4 nitrogen and oxygen atoms in total. The number of nitrogens with zero attached hydrogens (tertiary/aromatic N) is 1. The van der Waals surface area contributed by atoms with Crippen LogP contribution >= 0.6 is 0 Å².